The lowest BCUT2D eigenvalue weighted by Crippen LogP contribution is -2.25. The molecule has 0 saturated carbocycles. The first-order valence-corrected chi connectivity index (χ1v) is 7.31. The van der Waals surface area contributed by atoms with Gasteiger partial charge in [-0.15, -0.1) is 21.5 Å². The molecule has 0 atom stereocenters. The number of aromatic nitrogens is 3. The molecule has 100 valence electrons. The smallest absolute Gasteiger partial charge is 0.261 e. The topological polar surface area (TPSA) is 59.8 Å². The number of thiophene rings is 1. The van der Waals surface area contributed by atoms with Crippen molar-refractivity contribution >= 4 is 17.2 Å². The molecule has 2 aromatic heterocycles. The van der Waals surface area contributed by atoms with Crippen molar-refractivity contribution in [1.29, 1.82) is 0 Å². The molecule has 0 fully saturated rings. The standard InChI is InChI=1S/C13H16N4OS/c1-9-5-6-10(19-9)13(18)14-8-12-16-15-11-4-2-3-7-17(11)12/h5-6H,2-4,7-8H2,1H3,(H,14,18). The number of amides is 1. The first kappa shape index (κ1) is 12.3. The fourth-order valence-corrected chi connectivity index (χ4v) is 3.09. The van der Waals surface area contributed by atoms with Crippen LogP contribution in [0.3, 0.4) is 0 Å². The number of hydrogen-bond donors (Lipinski definition) is 1. The van der Waals surface area contributed by atoms with E-state index in [0.29, 0.717) is 6.54 Å². The highest BCUT2D eigenvalue weighted by molar-refractivity contribution is 7.13. The summed E-state index contributed by atoms with van der Waals surface area (Å²) in [5.41, 5.74) is 0. The number of nitrogens with zero attached hydrogens (tertiary/aromatic N) is 3. The summed E-state index contributed by atoms with van der Waals surface area (Å²) >= 11 is 1.51. The minimum absolute atomic E-state index is 0.0359. The highest BCUT2D eigenvalue weighted by Crippen LogP contribution is 2.16. The van der Waals surface area contributed by atoms with Crippen molar-refractivity contribution in [3.05, 3.63) is 33.5 Å². The van der Waals surface area contributed by atoms with Crippen molar-refractivity contribution in [3.8, 4) is 0 Å². The third-order valence-corrected chi connectivity index (χ3v) is 4.31. The molecule has 5 nitrogen and oxygen atoms in total. The molecule has 6 heteroatoms. The monoisotopic (exact) mass is 276 g/mol. The number of nitrogens with one attached hydrogen (secondary N) is 1. The minimum Gasteiger partial charge on any atom is -0.344 e. The molecule has 1 N–H and O–H groups in total. The molecule has 0 aliphatic carbocycles. The van der Waals surface area contributed by atoms with E-state index in [1.54, 1.807) is 0 Å². The molecule has 1 aliphatic rings. The zero-order valence-corrected chi connectivity index (χ0v) is 11.7. The SMILES string of the molecule is Cc1ccc(C(=O)NCc2nnc3n2CCCC3)s1. The van der Waals surface area contributed by atoms with E-state index in [1.807, 2.05) is 19.1 Å². The van der Waals surface area contributed by atoms with E-state index in [4.69, 9.17) is 0 Å². The maximum atomic E-state index is 12.0. The van der Waals surface area contributed by atoms with E-state index in [1.165, 1.54) is 17.8 Å². The Morgan fingerprint density at radius 2 is 2.32 bits per heavy atom. The predicted octanol–water partition coefficient (Wildman–Crippen LogP) is 1.91. The van der Waals surface area contributed by atoms with E-state index in [-0.39, 0.29) is 5.91 Å². The molecule has 0 radical (unpaired) electrons. The first-order valence-electron chi connectivity index (χ1n) is 6.49. The minimum atomic E-state index is -0.0359. The molecule has 0 bridgehead atoms. The van der Waals surface area contributed by atoms with Gasteiger partial charge in [-0.2, -0.15) is 0 Å². The summed E-state index contributed by atoms with van der Waals surface area (Å²) in [4.78, 5) is 13.9. The molecular weight excluding hydrogens is 260 g/mol. The highest BCUT2D eigenvalue weighted by Gasteiger charge is 2.16. The van der Waals surface area contributed by atoms with Gasteiger partial charge in [-0.3, -0.25) is 4.79 Å². The van der Waals surface area contributed by atoms with Crippen LogP contribution in [0.1, 0.15) is 39.0 Å². The fraction of sp³-hybridized carbons (Fsp3) is 0.462. The van der Waals surface area contributed by atoms with Crippen LogP contribution in [0, 0.1) is 6.92 Å². The predicted molar refractivity (Wildman–Crippen MR) is 73.2 cm³/mol. The summed E-state index contributed by atoms with van der Waals surface area (Å²) in [6.45, 7) is 3.41. The van der Waals surface area contributed by atoms with Crippen LogP contribution in [0.2, 0.25) is 0 Å². The summed E-state index contributed by atoms with van der Waals surface area (Å²) < 4.78 is 2.13. The second-order valence-corrected chi connectivity index (χ2v) is 6.02. The number of rotatable bonds is 3. The Morgan fingerprint density at radius 3 is 3.11 bits per heavy atom. The molecule has 0 spiro atoms. The molecule has 0 unspecified atom stereocenters. The number of aryl methyl sites for hydroxylation is 2. The van der Waals surface area contributed by atoms with E-state index < -0.39 is 0 Å². The molecule has 3 rings (SSSR count). The maximum absolute atomic E-state index is 12.0. The quantitative estimate of drug-likeness (QED) is 0.931. The van der Waals surface area contributed by atoms with Gasteiger partial charge in [0.15, 0.2) is 5.82 Å². The summed E-state index contributed by atoms with van der Waals surface area (Å²) in [7, 11) is 0. The van der Waals surface area contributed by atoms with Crippen molar-refractivity contribution in [3.63, 3.8) is 0 Å². The summed E-state index contributed by atoms with van der Waals surface area (Å²) in [6, 6.07) is 3.81. The Labute approximate surface area is 115 Å². The van der Waals surface area contributed by atoms with Gasteiger partial charge < -0.3 is 9.88 Å². The fourth-order valence-electron chi connectivity index (χ4n) is 2.30. The zero-order valence-electron chi connectivity index (χ0n) is 10.8. The molecule has 3 heterocycles. The summed E-state index contributed by atoms with van der Waals surface area (Å²) in [6.07, 6.45) is 3.33. The van der Waals surface area contributed by atoms with Crippen molar-refractivity contribution in [2.75, 3.05) is 0 Å². The number of carbonyl (C=O) groups excluding carboxylic acids is 1. The first-order chi connectivity index (χ1) is 9.24. The Bertz CT molecular complexity index is 602. The Morgan fingerprint density at radius 1 is 1.42 bits per heavy atom. The van der Waals surface area contributed by atoms with Gasteiger partial charge in [0.05, 0.1) is 11.4 Å². The van der Waals surface area contributed by atoms with Crippen LogP contribution in [0.25, 0.3) is 0 Å². The summed E-state index contributed by atoms with van der Waals surface area (Å²) in [5, 5.41) is 11.3. The molecule has 1 amide bonds. The molecule has 0 aromatic carbocycles. The van der Waals surface area contributed by atoms with Crippen LogP contribution in [-0.2, 0) is 19.5 Å². The van der Waals surface area contributed by atoms with Crippen molar-refractivity contribution in [2.45, 2.75) is 39.3 Å². The van der Waals surface area contributed by atoms with E-state index in [2.05, 4.69) is 20.1 Å². The number of hydrogen-bond acceptors (Lipinski definition) is 4. The van der Waals surface area contributed by atoms with Gasteiger partial charge in [-0.1, -0.05) is 0 Å². The van der Waals surface area contributed by atoms with E-state index in [9.17, 15) is 4.79 Å². The third-order valence-electron chi connectivity index (χ3n) is 3.31. The van der Waals surface area contributed by atoms with Gasteiger partial charge in [0.1, 0.15) is 5.82 Å². The highest BCUT2D eigenvalue weighted by atomic mass is 32.1. The van der Waals surface area contributed by atoms with Crippen LogP contribution in [-0.4, -0.2) is 20.7 Å². The largest absolute Gasteiger partial charge is 0.344 e. The average Bonchev–Trinajstić information content (AvgIpc) is 3.02. The van der Waals surface area contributed by atoms with Crippen molar-refractivity contribution in [2.24, 2.45) is 0 Å². The zero-order chi connectivity index (χ0) is 13.2. The molecular formula is C13H16N4OS. The summed E-state index contributed by atoms with van der Waals surface area (Å²) in [5.74, 6) is 1.87. The van der Waals surface area contributed by atoms with Crippen LogP contribution in [0.15, 0.2) is 12.1 Å². The molecule has 19 heavy (non-hydrogen) atoms. The molecule has 2 aromatic rings. The third kappa shape index (κ3) is 2.53. The van der Waals surface area contributed by atoms with E-state index >= 15 is 0 Å². The normalized spacial score (nSPS) is 14.2. The second-order valence-electron chi connectivity index (χ2n) is 4.73. The maximum Gasteiger partial charge on any atom is 0.261 e. The number of fused-ring (bicyclic) bond motifs is 1. The lowest BCUT2D eigenvalue weighted by Gasteiger charge is -2.14. The van der Waals surface area contributed by atoms with Gasteiger partial charge in [0, 0.05) is 17.8 Å². The Balaban J connectivity index is 1.66. The Kier molecular flexibility index (Phi) is 3.33. The van der Waals surface area contributed by atoms with Crippen LogP contribution in [0.5, 0.6) is 0 Å². The van der Waals surface area contributed by atoms with Gasteiger partial charge >= 0.3 is 0 Å². The second kappa shape index (κ2) is 5.13. The van der Waals surface area contributed by atoms with Gasteiger partial charge in [0.25, 0.3) is 5.91 Å². The molecule has 1 aliphatic heterocycles. The van der Waals surface area contributed by atoms with Crippen LogP contribution in [0.4, 0.5) is 0 Å². The van der Waals surface area contributed by atoms with Gasteiger partial charge in [0.2, 0.25) is 0 Å². The average molecular weight is 276 g/mol. The molecule has 0 saturated heterocycles. The lowest BCUT2D eigenvalue weighted by atomic mass is 10.2. The number of carbonyl (C=O) groups is 1. The Hall–Kier alpha value is -1.69. The van der Waals surface area contributed by atoms with Crippen LogP contribution >= 0.6 is 11.3 Å². The van der Waals surface area contributed by atoms with E-state index in [0.717, 1.165) is 40.8 Å². The van der Waals surface area contributed by atoms with Crippen molar-refractivity contribution < 1.29 is 4.79 Å². The van der Waals surface area contributed by atoms with Gasteiger partial charge in [-0.05, 0) is 31.9 Å². The van der Waals surface area contributed by atoms with Gasteiger partial charge in [-0.25, -0.2) is 0 Å². The van der Waals surface area contributed by atoms with Crippen molar-refractivity contribution in [1.82, 2.24) is 20.1 Å². The lowest BCUT2D eigenvalue weighted by molar-refractivity contribution is 0.0953. The van der Waals surface area contributed by atoms with Crippen LogP contribution < -0.4 is 5.32 Å².